The van der Waals surface area contributed by atoms with Gasteiger partial charge in [-0.1, -0.05) is 18.2 Å². The van der Waals surface area contributed by atoms with Crippen LogP contribution in [0.5, 0.6) is 5.75 Å². The Balaban J connectivity index is 1.53. The maximum absolute atomic E-state index is 13.0. The quantitative estimate of drug-likeness (QED) is 0.602. The number of aryl methyl sites for hydroxylation is 2. The minimum absolute atomic E-state index is 0.0209. The van der Waals surface area contributed by atoms with Crippen LogP contribution in [0.4, 0.5) is 0 Å². The van der Waals surface area contributed by atoms with Gasteiger partial charge >= 0.3 is 0 Å². The molecule has 0 aliphatic carbocycles. The summed E-state index contributed by atoms with van der Waals surface area (Å²) >= 11 is 0. The van der Waals surface area contributed by atoms with Gasteiger partial charge in [0.2, 0.25) is 5.91 Å². The second-order valence-corrected chi connectivity index (χ2v) is 8.71. The van der Waals surface area contributed by atoms with Crippen molar-refractivity contribution in [3.63, 3.8) is 0 Å². The molecule has 0 radical (unpaired) electrons. The van der Waals surface area contributed by atoms with Crippen molar-refractivity contribution in [3.05, 3.63) is 70.7 Å². The largest absolute Gasteiger partial charge is 0.497 e. The van der Waals surface area contributed by atoms with Crippen LogP contribution in [0.3, 0.4) is 0 Å². The number of aromatic amines is 1. The van der Waals surface area contributed by atoms with E-state index in [1.54, 1.807) is 7.11 Å². The Hall–Kier alpha value is -3.61. The number of rotatable bonds is 6. The predicted octanol–water partition coefficient (Wildman–Crippen LogP) is 3.75. The normalized spacial score (nSPS) is 16.0. The van der Waals surface area contributed by atoms with Gasteiger partial charge in [0.05, 0.1) is 13.5 Å². The molecule has 3 N–H and O–H groups in total. The molecule has 0 unspecified atom stereocenters. The van der Waals surface area contributed by atoms with Gasteiger partial charge in [0.25, 0.3) is 5.91 Å². The molecule has 4 rings (SSSR count). The molecular formula is C26H30N4O3. The molecule has 1 aliphatic rings. The average molecular weight is 447 g/mol. The number of carbonyl (C=O) groups excluding carboxylic acids is 2. The number of imidazole rings is 1. The standard InChI is InChI=1S/C26H30N4O3/c1-16-6-7-18(13-17(16)2)14-22(31)30-12-4-5-20(15-30)26-28-23(24(29-26)25(27)32)19-8-10-21(33-3)11-9-19/h6-11,13,20H,4-5,12,14-15H2,1-3H3,(H2,27,32)(H,28,29)/t20-/m1/s1. The lowest BCUT2D eigenvalue weighted by molar-refractivity contribution is -0.131. The molecule has 0 bridgehead atoms. The van der Waals surface area contributed by atoms with E-state index in [1.807, 2.05) is 35.2 Å². The van der Waals surface area contributed by atoms with Gasteiger partial charge in [-0.3, -0.25) is 9.59 Å². The first-order chi connectivity index (χ1) is 15.9. The third-order valence-electron chi connectivity index (χ3n) is 6.42. The van der Waals surface area contributed by atoms with E-state index in [0.29, 0.717) is 24.5 Å². The van der Waals surface area contributed by atoms with Crippen molar-refractivity contribution in [2.24, 2.45) is 5.73 Å². The molecule has 1 aromatic heterocycles. The number of carbonyl (C=O) groups is 2. The molecule has 2 heterocycles. The smallest absolute Gasteiger partial charge is 0.267 e. The van der Waals surface area contributed by atoms with Crippen LogP contribution in [0.2, 0.25) is 0 Å². The van der Waals surface area contributed by atoms with E-state index in [1.165, 1.54) is 11.1 Å². The molecule has 172 valence electrons. The first-order valence-electron chi connectivity index (χ1n) is 11.2. The molecule has 0 spiro atoms. The summed E-state index contributed by atoms with van der Waals surface area (Å²) in [5.74, 6) is 0.990. The van der Waals surface area contributed by atoms with Gasteiger partial charge in [-0.05, 0) is 67.6 Å². The summed E-state index contributed by atoms with van der Waals surface area (Å²) in [5, 5.41) is 0. The zero-order valence-electron chi connectivity index (χ0n) is 19.4. The van der Waals surface area contributed by atoms with Gasteiger partial charge in [-0.15, -0.1) is 0 Å². The fourth-order valence-corrected chi connectivity index (χ4v) is 4.35. The van der Waals surface area contributed by atoms with Crippen molar-refractivity contribution in [3.8, 4) is 17.0 Å². The molecule has 2 amide bonds. The van der Waals surface area contributed by atoms with Gasteiger partial charge in [0.15, 0.2) is 0 Å². The molecular weight excluding hydrogens is 416 g/mol. The number of amides is 2. The number of primary amides is 1. The number of ether oxygens (including phenoxy) is 1. The summed E-state index contributed by atoms with van der Waals surface area (Å²) in [6, 6.07) is 13.5. The van der Waals surface area contributed by atoms with Crippen LogP contribution < -0.4 is 10.5 Å². The number of H-pyrrole nitrogens is 1. The van der Waals surface area contributed by atoms with E-state index in [9.17, 15) is 9.59 Å². The molecule has 1 saturated heterocycles. The van der Waals surface area contributed by atoms with Crippen molar-refractivity contribution in [2.75, 3.05) is 20.2 Å². The number of nitrogens with one attached hydrogen (secondary N) is 1. The minimum Gasteiger partial charge on any atom is -0.497 e. The molecule has 1 aliphatic heterocycles. The Morgan fingerprint density at radius 1 is 1.15 bits per heavy atom. The zero-order chi connectivity index (χ0) is 23.5. The first kappa shape index (κ1) is 22.6. The fourth-order valence-electron chi connectivity index (χ4n) is 4.35. The van der Waals surface area contributed by atoms with Crippen molar-refractivity contribution < 1.29 is 14.3 Å². The van der Waals surface area contributed by atoms with Gasteiger partial charge in [0, 0.05) is 24.6 Å². The van der Waals surface area contributed by atoms with E-state index < -0.39 is 5.91 Å². The highest BCUT2D eigenvalue weighted by Gasteiger charge is 2.28. The highest BCUT2D eigenvalue weighted by Crippen LogP contribution is 2.30. The lowest BCUT2D eigenvalue weighted by atomic mass is 9.96. The molecule has 1 atom stereocenters. The summed E-state index contributed by atoms with van der Waals surface area (Å²) < 4.78 is 5.21. The SMILES string of the molecule is COc1ccc(-c2nc([C@@H]3CCCN(C(=O)Cc4ccc(C)c(C)c4)C3)[nH]c2C(N)=O)cc1. The van der Waals surface area contributed by atoms with E-state index in [4.69, 9.17) is 15.5 Å². The van der Waals surface area contributed by atoms with Crippen molar-refractivity contribution in [1.82, 2.24) is 14.9 Å². The number of nitrogens with zero attached hydrogens (tertiary/aromatic N) is 2. The van der Waals surface area contributed by atoms with Crippen LogP contribution in [-0.2, 0) is 11.2 Å². The third kappa shape index (κ3) is 4.92. The second kappa shape index (κ2) is 9.48. The van der Waals surface area contributed by atoms with Crippen molar-refractivity contribution in [1.29, 1.82) is 0 Å². The van der Waals surface area contributed by atoms with Crippen LogP contribution in [0, 0.1) is 13.8 Å². The number of piperidine rings is 1. The number of hydrogen-bond acceptors (Lipinski definition) is 4. The number of methoxy groups -OCH3 is 1. The molecule has 33 heavy (non-hydrogen) atoms. The number of hydrogen-bond donors (Lipinski definition) is 2. The Labute approximate surface area is 194 Å². The summed E-state index contributed by atoms with van der Waals surface area (Å²) in [6.07, 6.45) is 2.16. The molecule has 1 fully saturated rings. The Morgan fingerprint density at radius 3 is 2.58 bits per heavy atom. The highest BCUT2D eigenvalue weighted by atomic mass is 16.5. The Kier molecular flexibility index (Phi) is 6.49. The minimum atomic E-state index is -0.557. The maximum Gasteiger partial charge on any atom is 0.267 e. The number of benzene rings is 2. The summed E-state index contributed by atoms with van der Waals surface area (Å²) in [7, 11) is 1.60. The first-order valence-corrected chi connectivity index (χ1v) is 11.2. The summed E-state index contributed by atoms with van der Waals surface area (Å²) in [5.41, 5.74) is 10.7. The van der Waals surface area contributed by atoms with Crippen molar-refractivity contribution >= 4 is 11.8 Å². The lowest BCUT2D eigenvalue weighted by Gasteiger charge is -2.32. The van der Waals surface area contributed by atoms with Crippen LogP contribution in [0.15, 0.2) is 42.5 Å². The maximum atomic E-state index is 13.0. The van der Waals surface area contributed by atoms with E-state index >= 15 is 0 Å². The van der Waals surface area contributed by atoms with Gasteiger partial charge < -0.3 is 20.4 Å². The number of likely N-dealkylation sites (tertiary alicyclic amines) is 1. The average Bonchev–Trinajstić information content (AvgIpc) is 3.28. The van der Waals surface area contributed by atoms with Crippen LogP contribution in [-0.4, -0.2) is 46.9 Å². The Morgan fingerprint density at radius 2 is 1.91 bits per heavy atom. The molecule has 7 nitrogen and oxygen atoms in total. The lowest BCUT2D eigenvalue weighted by Crippen LogP contribution is -2.40. The predicted molar refractivity (Wildman–Crippen MR) is 127 cm³/mol. The number of nitrogens with two attached hydrogens (primary N) is 1. The Bertz CT molecular complexity index is 1170. The molecule has 7 heteroatoms. The topological polar surface area (TPSA) is 101 Å². The monoisotopic (exact) mass is 446 g/mol. The highest BCUT2D eigenvalue weighted by molar-refractivity contribution is 5.97. The summed E-state index contributed by atoms with van der Waals surface area (Å²) in [4.78, 5) is 34.9. The molecule has 2 aromatic carbocycles. The zero-order valence-corrected chi connectivity index (χ0v) is 19.4. The van der Waals surface area contributed by atoms with Gasteiger partial charge in [-0.2, -0.15) is 0 Å². The summed E-state index contributed by atoms with van der Waals surface area (Å²) in [6.45, 7) is 5.43. The van der Waals surface area contributed by atoms with Crippen molar-refractivity contribution in [2.45, 2.75) is 39.0 Å². The van der Waals surface area contributed by atoms with E-state index in [2.05, 4.69) is 31.0 Å². The van der Waals surface area contributed by atoms with Gasteiger partial charge in [0.1, 0.15) is 23.0 Å². The number of aromatic nitrogens is 2. The van der Waals surface area contributed by atoms with E-state index in [-0.39, 0.29) is 17.5 Å². The van der Waals surface area contributed by atoms with Crippen LogP contribution in [0.25, 0.3) is 11.3 Å². The second-order valence-electron chi connectivity index (χ2n) is 8.71. The third-order valence-corrected chi connectivity index (χ3v) is 6.42. The van der Waals surface area contributed by atoms with Crippen LogP contribution >= 0.6 is 0 Å². The van der Waals surface area contributed by atoms with E-state index in [0.717, 1.165) is 36.3 Å². The molecule has 3 aromatic rings. The molecule has 0 saturated carbocycles. The fraction of sp³-hybridized carbons (Fsp3) is 0.346. The van der Waals surface area contributed by atoms with Crippen LogP contribution in [0.1, 0.15) is 51.8 Å². The van der Waals surface area contributed by atoms with Gasteiger partial charge in [-0.25, -0.2) is 4.98 Å².